The predicted octanol–water partition coefficient (Wildman–Crippen LogP) is 2.27. The number of hydrogen-bond acceptors (Lipinski definition) is 2. The molecule has 0 aromatic heterocycles. The average Bonchev–Trinajstić information content (AvgIpc) is 3.16. The van der Waals surface area contributed by atoms with Crippen LogP contribution in [0.1, 0.15) is 42.7 Å². The molecule has 3 fully saturated rings. The Kier molecular flexibility index (Phi) is 3.51. The Morgan fingerprint density at radius 3 is 2.74 bits per heavy atom. The lowest BCUT2D eigenvalue weighted by Crippen LogP contribution is -2.69. The number of hydrogen-bond donors (Lipinski definition) is 3. The molecule has 3 N–H and O–H groups in total. The normalized spacial score (nSPS) is 34.8. The van der Waals surface area contributed by atoms with Crippen LogP contribution in [0.2, 0.25) is 0 Å². The molecule has 2 saturated carbocycles. The maximum atomic E-state index is 11.6. The maximum absolute atomic E-state index is 11.6. The van der Waals surface area contributed by atoms with Gasteiger partial charge in [0.15, 0.2) is 0 Å². The summed E-state index contributed by atoms with van der Waals surface area (Å²) in [5.74, 6) is 2.12. The van der Waals surface area contributed by atoms with E-state index in [1.165, 1.54) is 36.8 Å². The fraction of sp³-hybridized carbons (Fsp3) is 0.556. The molecule has 1 aliphatic heterocycles. The number of fused-ring (bicyclic) bond motifs is 2. The SMILES string of the molecule is O=C(O)N[C@@H]1C(=O)N[C@@H]1Cc1ccccc1[C@H]1CC2CC[C@H]1C2. The monoisotopic (exact) mass is 314 g/mol. The Morgan fingerprint density at radius 1 is 1.26 bits per heavy atom. The molecule has 5 atom stereocenters. The molecule has 23 heavy (non-hydrogen) atoms. The molecule has 1 aromatic rings. The lowest BCUT2D eigenvalue weighted by atomic mass is 9.79. The van der Waals surface area contributed by atoms with E-state index in [9.17, 15) is 9.59 Å². The third-order valence-corrected chi connectivity index (χ3v) is 5.92. The second-order valence-electron chi connectivity index (χ2n) is 7.23. The molecule has 1 aromatic carbocycles. The molecule has 2 aliphatic carbocycles. The van der Waals surface area contributed by atoms with Crippen molar-refractivity contribution in [1.29, 1.82) is 0 Å². The van der Waals surface area contributed by atoms with Gasteiger partial charge >= 0.3 is 6.09 Å². The van der Waals surface area contributed by atoms with E-state index in [-0.39, 0.29) is 11.9 Å². The van der Waals surface area contributed by atoms with Crippen molar-refractivity contribution in [3.63, 3.8) is 0 Å². The van der Waals surface area contributed by atoms with E-state index in [4.69, 9.17) is 5.11 Å². The highest BCUT2D eigenvalue weighted by Crippen LogP contribution is 2.53. The Bertz CT molecular complexity index is 645. The maximum Gasteiger partial charge on any atom is 0.405 e. The van der Waals surface area contributed by atoms with Crippen molar-refractivity contribution in [3.05, 3.63) is 35.4 Å². The standard InChI is InChI=1S/C18H22N2O3/c21-17-16(20-18(22)23)15(19-17)9-11-3-1-2-4-13(11)14-8-10-5-6-12(14)7-10/h1-4,10,12,14-16,20H,5-9H2,(H,19,21)(H,22,23)/t10?,12-,14-,15+,16-/m0/s1. The smallest absolute Gasteiger partial charge is 0.405 e. The third-order valence-electron chi connectivity index (χ3n) is 5.92. The fourth-order valence-electron chi connectivity index (χ4n) is 4.85. The van der Waals surface area contributed by atoms with Gasteiger partial charge < -0.3 is 15.7 Å². The molecule has 4 rings (SSSR count). The van der Waals surface area contributed by atoms with E-state index in [2.05, 4.69) is 28.8 Å². The molecule has 122 valence electrons. The number of nitrogens with one attached hydrogen (secondary N) is 2. The van der Waals surface area contributed by atoms with Gasteiger partial charge in [0.2, 0.25) is 5.91 Å². The number of carboxylic acid groups (broad SMARTS) is 1. The first-order valence-electron chi connectivity index (χ1n) is 8.49. The van der Waals surface area contributed by atoms with Gasteiger partial charge in [-0.05, 0) is 54.6 Å². The highest BCUT2D eigenvalue weighted by atomic mass is 16.4. The van der Waals surface area contributed by atoms with Crippen LogP contribution in [0.25, 0.3) is 0 Å². The summed E-state index contributed by atoms with van der Waals surface area (Å²) in [6.45, 7) is 0. The van der Waals surface area contributed by atoms with Crippen molar-refractivity contribution in [2.45, 2.75) is 50.1 Å². The molecule has 2 amide bonds. The van der Waals surface area contributed by atoms with Crippen LogP contribution in [0.15, 0.2) is 24.3 Å². The second-order valence-corrected chi connectivity index (χ2v) is 7.23. The second kappa shape index (κ2) is 5.55. The van der Waals surface area contributed by atoms with Crippen molar-refractivity contribution in [1.82, 2.24) is 10.6 Å². The molecule has 0 radical (unpaired) electrons. The molecule has 2 bridgehead atoms. The fourth-order valence-corrected chi connectivity index (χ4v) is 4.85. The molecule has 5 nitrogen and oxygen atoms in total. The summed E-state index contributed by atoms with van der Waals surface area (Å²) in [7, 11) is 0. The van der Waals surface area contributed by atoms with Crippen LogP contribution in [0.4, 0.5) is 4.79 Å². The zero-order chi connectivity index (χ0) is 16.0. The Labute approximate surface area is 135 Å². The summed E-state index contributed by atoms with van der Waals surface area (Å²) < 4.78 is 0. The van der Waals surface area contributed by atoms with E-state index >= 15 is 0 Å². The molecular formula is C18H22N2O3. The van der Waals surface area contributed by atoms with Gasteiger partial charge in [0.1, 0.15) is 6.04 Å². The summed E-state index contributed by atoms with van der Waals surface area (Å²) >= 11 is 0. The van der Waals surface area contributed by atoms with Crippen molar-refractivity contribution < 1.29 is 14.7 Å². The van der Waals surface area contributed by atoms with Crippen LogP contribution < -0.4 is 10.6 Å². The molecule has 1 saturated heterocycles. The van der Waals surface area contributed by atoms with Crippen LogP contribution >= 0.6 is 0 Å². The molecular weight excluding hydrogens is 292 g/mol. The van der Waals surface area contributed by atoms with E-state index in [0.29, 0.717) is 12.3 Å². The summed E-state index contributed by atoms with van der Waals surface area (Å²) in [5.41, 5.74) is 2.67. The van der Waals surface area contributed by atoms with Gasteiger partial charge in [0.25, 0.3) is 0 Å². The Balaban J connectivity index is 1.51. The summed E-state index contributed by atoms with van der Waals surface area (Å²) in [6.07, 6.45) is 4.93. The highest BCUT2D eigenvalue weighted by molar-refractivity contribution is 5.92. The predicted molar refractivity (Wildman–Crippen MR) is 85.2 cm³/mol. The number of β-lactam (4-membered cyclic amide) rings is 1. The Morgan fingerprint density at radius 2 is 2.09 bits per heavy atom. The van der Waals surface area contributed by atoms with Crippen LogP contribution in [-0.4, -0.2) is 29.2 Å². The van der Waals surface area contributed by atoms with Gasteiger partial charge in [-0.15, -0.1) is 0 Å². The number of carbonyl (C=O) groups is 2. The first-order valence-corrected chi connectivity index (χ1v) is 8.49. The van der Waals surface area contributed by atoms with Crippen molar-refractivity contribution in [3.8, 4) is 0 Å². The summed E-state index contributed by atoms with van der Waals surface area (Å²) in [4.78, 5) is 22.4. The first-order chi connectivity index (χ1) is 11.1. The van der Waals surface area contributed by atoms with E-state index < -0.39 is 12.1 Å². The molecule has 1 heterocycles. The molecule has 5 heteroatoms. The van der Waals surface area contributed by atoms with Crippen molar-refractivity contribution >= 4 is 12.0 Å². The number of amides is 2. The first kappa shape index (κ1) is 14.5. The quantitative estimate of drug-likeness (QED) is 0.746. The molecule has 3 aliphatic rings. The lowest BCUT2D eigenvalue weighted by Gasteiger charge is -2.37. The molecule has 1 unspecified atom stereocenters. The minimum atomic E-state index is -1.14. The summed E-state index contributed by atoms with van der Waals surface area (Å²) in [5, 5.41) is 14.0. The van der Waals surface area contributed by atoms with Crippen LogP contribution in [0.3, 0.4) is 0 Å². The van der Waals surface area contributed by atoms with E-state index in [1.807, 2.05) is 6.07 Å². The Hall–Kier alpha value is -2.04. The number of rotatable bonds is 4. The van der Waals surface area contributed by atoms with Gasteiger partial charge in [-0.1, -0.05) is 30.7 Å². The third kappa shape index (κ3) is 2.58. The topological polar surface area (TPSA) is 78.4 Å². The van der Waals surface area contributed by atoms with Gasteiger partial charge in [0.05, 0.1) is 6.04 Å². The van der Waals surface area contributed by atoms with Crippen molar-refractivity contribution in [2.24, 2.45) is 11.8 Å². The zero-order valence-electron chi connectivity index (χ0n) is 13.0. The molecule has 0 spiro atoms. The minimum absolute atomic E-state index is 0.140. The van der Waals surface area contributed by atoms with Gasteiger partial charge in [-0.25, -0.2) is 4.79 Å². The van der Waals surface area contributed by atoms with Gasteiger partial charge in [-0.2, -0.15) is 0 Å². The van der Waals surface area contributed by atoms with Crippen LogP contribution in [0.5, 0.6) is 0 Å². The van der Waals surface area contributed by atoms with Crippen molar-refractivity contribution in [2.75, 3.05) is 0 Å². The number of carbonyl (C=O) groups excluding carboxylic acids is 1. The zero-order valence-corrected chi connectivity index (χ0v) is 13.0. The van der Waals surface area contributed by atoms with Gasteiger partial charge in [-0.3, -0.25) is 4.79 Å². The van der Waals surface area contributed by atoms with E-state index in [1.54, 1.807) is 0 Å². The lowest BCUT2D eigenvalue weighted by molar-refractivity contribution is -0.131. The summed E-state index contributed by atoms with van der Waals surface area (Å²) in [6, 6.07) is 7.72. The minimum Gasteiger partial charge on any atom is -0.465 e. The highest BCUT2D eigenvalue weighted by Gasteiger charge is 2.43. The van der Waals surface area contributed by atoms with Crippen LogP contribution in [0, 0.1) is 11.8 Å². The van der Waals surface area contributed by atoms with Gasteiger partial charge in [0, 0.05) is 0 Å². The largest absolute Gasteiger partial charge is 0.465 e. The van der Waals surface area contributed by atoms with E-state index in [0.717, 1.165) is 11.8 Å². The number of benzene rings is 1. The average molecular weight is 314 g/mol. The van der Waals surface area contributed by atoms with Crippen LogP contribution in [-0.2, 0) is 11.2 Å².